The third-order valence-corrected chi connectivity index (χ3v) is 3.72. The van der Waals surface area contributed by atoms with E-state index in [0.717, 1.165) is 11.3 Å². The topological polar surface area (TPSA) is 46.9 Å². The summed E-state index contributed by atoms with van der Waals surface area (Å²) in [6, 6.07) is 16.0. The molecule has 1 amide bonds. The van der Waals surface area contributed by atoms with E-state index in [1.165, 1.54) is 6.07 Å². The van der Waals surface area contributed by atoms with E-state index in [2.05, 4.69) is 10.4 Å². The molecule has 4 nitrogen and oxygen atoms in total. The largest absolute Gasteiger partial charge is 0.326 e. The minimum absolute atomic E-state index is 0.127. The van der Waals surface area contributed by atoms with Crippen LogP contribution in [-0.2, 0) is 17.8 Å². The Morgan fingerprint density at radius 2 is 1.88 bits per heavy atom. The molecule has 0 fully saturated rings. The lowest BCUT2D eigenvalue weighted by molar-refractivity contribution is -0.116. The highest BCUT2D eigenvalue weighted by Gasteiger charge is 2.06. The molecular formula is C19H18FN3O. The molecule has 0 saturated heterocycles. The molecule has 2 aromatic carbocycles. The van der Waals surface area contributed by atoms with Gasteiger partial charge >= 0.3 is 0 Å². The average molecular weight is 323 g/mol. The summed E-state index contributed by atoms with van der Waals surface area (Å²) in [6.45, 7) is 0.689. The van der Waals surface area contributed by atoms with Crippen LogP contribution in [0.15, 0.2) is 67.0 Å². The van der Waals surface area contributed by atoms with Crippen molar-refractivity contribution in [2.45, 2.75) is 19.4 Å². The van der Waals surface area contributed by atoms with Crippen LogP contribution >= 0.6 is 0 Å². The third-order valence-electron chi connectivity index (χ3n) is 3.72. The molecule has 0 aliphatic carbocycles. The molecule has 0 atom stereocenters. The van der Waals surface area contributed by atoms with Gasteiger partial charge in [0.05, 0.1) is 6.54 Å². The molecule has 0 saturated carbocycles. The Bertz CT molecular complexity index is 798. The van der Waals surface area contributed by atoms with E-state index in [9.17, 15) is 9.18 Å². The SMILES string of the molecule is O=C(CCc1ccccc1F)Nc1ccc(Cn2cccn2)cc1. The molecule has 24 heavy (non-hydrogen) atoms. The highest BCUT2D eigenvalue weighted by Crippen LogP contribution is 2.13. The van der Waals surface area contributed by atoms with Crippen molar-refractivity contribution in [2.75, 3.05) is 5.32 Å². The van der Waals surface area contributed by atoms with Gasteiger partial charge in [-0.05, 0) is 41.8 Å². The molecule has 0 spiro atoms. The van der Waals surface area contributed by atoms with Crippen LogP contribution in [0.25, 0.3) is 0 Å². The molecule has 0 aliphatic heterocycles. The molecule has 1 heterocycles. The van der Waals surface area contributed by atoms with Gasteiger partial charge in [-0.1, -0.05) is 30.3 Å². The van der Waals surface area contributed by atoms with Crippen molar-refractivity contribution in [1.82, 2.24) is 9.78 Å². The van der Waals surface area contributed by atoms with Gasteiger partial charge in [0, 0.05) is 24.5 Å². The maximum atomic E-state index is 13.5. The van der Waals surface area contributed by atoms with Crippen molar-refractivity contribution in [3.63, 3.8) is 0 Å². The van der Waals surface area contributed by atoms with E-state index in [1.54, 1.807) is 24.4 Å². The van der Waals surface area contributed by atoms with Gasteiger partial charge < -0.3 is 5.32 Å². The second-order valence-corrected chi connectivity index (χ2v) is 5.54. The number of hydrogen-bond acceptors (Lipinski definition) is 2. The predicted molar refractivity (Wildman–Crippen MR) is 91.1 cm³/mol. The first-order chi connectivity index (χ1) is 11.7. The van der Waals surface area contributed by atoms with E-state index < -0.39 is 0 Å². The van der Waals surface area contributed by atoms with Gasteiger partial charge in [0.25, 0.3) is 0 Å². The Kier molecular flexibility index (Phi) is 5.01. The summed E-state index contributed by atoms with van der Waals surface area (Å²) < 4.78 is 15.4. The maximum absolute atomic E-state index is 13.5. The monoisotopic (exact) mass is 323 g/mol. The van der Waals surface area contributed by atoms with Crippen LogP contribution < -0.4 is 5.32 Å². The lowest BCUT2D eigenvalue weighted by Crippen LogP contribution is -2.12. The molecule has 0 unspecified atom stereocenters. The molecule has 122 valence electrons. The van der Waals surface area contributed by atoms with E-state index >= 15 is 0 Å². The first kappa shape index (κ1) is 15.9. The smallest absolute Gasteiger partial charge is 0.224 e. The number of nitrogens with one attached hydrogen (secondary N) is 1. The number of rotatable bonds is 6. The zero-order chi connectivity index (χ0) is 16.8. The van der Waals surface area contributed by atoms with Gasteiger partial charge in [-0.3, -0.25) is 9.48 Å². The van der Waals surface area contributed by atoms with Gasteiger partial charge in [-0.25, -0.2) is 4.39 Å². The van der Waals surface area contributed by atoms with Gasteiger partial charge in [0.15, 0.2) is 0 Å². The first-order valence-corrected chi connectivity index (χ1v) is 7.80. The lowest BCUT2D eigenvalue weighted by Gasteiger charge is -2.07. The van der Waals surface area contributed by atoms with Gasteiger partial charge in [-0.15, -0.1) is 0 Å². The number of aromatic nitrogens is 2. The van der Waals surface area contributed by atoms with Crippen LogP contribution in [0.5, 0.6) is 0 Å². The van der Waals surface area contributed by atoms with Gasteiger partial charge in [0.1, 0.15) is 5.82 Å². The number of anilines is 1. The van der Waals surface area contributed by atoms with Crippen LogP contribution in [0.3, 0.4) is 0 Å². The van der Waals surface area contributed by atoms with E-state index in [1.807, 2.05) is 41.2 Å². The number of amides is 1. The first-order valence-electron chi connectivity index (χ1n) is 7.80. The quantitative estimate of drug-likeness (QED) is 0.753. The summed E-state index contributed by atoms with van der Waals surface area (Å²) in [5, 5.41) is 6.99. The zero-order valence-electron chi connectivity index (χ0n) is 13.2. The van der Waals surface area contributed by atoms with Crippen molar-refractivity contribution in [1.29, 1.82) is 0 Å². The fraction of sp³-hybridized carbons (Fsp3) is 0.158. The second-order valence-electron chi connectivity index (χ2n) is 5.54. The van der Waals surface area contributed by atoms with E-state index in [0.29, 0.717) is 18.5 Å². The van der Waals surface area contributed by atoms with Crippen molar-refractivity contribution in [2.24, 2.45) is 0 Å². The summed E-state index contributed by atoms with van der Waals surface area (Å²) in [5.41, 5.74) is 2.39. The third kappa shape index (κ3) is 4.29. The zero-order valence-corrected chi connectivity index (χ0v) is 13.2. The molecule has 3 aromatic rings. The van der Waals surface area contributed by atoms with Crippen LogP contribution in [0.2, 0.25) is 0 Å². The lowest BCUT2D eigenvalue weighted by atomic mass is 10.1. The molecule has 0 radical (unpaired) electrons. The summed E-state index contributed by atoms with van der Waals surface area (Å²) in [6.07, 6.45) is 4.27. The summed E-state index contributed by atoms with van der Waals surface area (Å²) in [5.74, 6) is -0.397. The standard InChI is InChI=1S/C19H18FN3O/c20-18-5-2-1-4-16(18)8-11-19(24)22-17-9-6-15(7-10-17)14-23-13-3-12-21-23/h1-7,9-10,12-13H,8,11,14H2,(H,22,24). The summed E-state index contributed by atoms with van der Waals surface area (Å²) in [7, 11) is 0. The number of halogens is 1. The Hall–Kier alpha value is -2.95. The van der Waals surface area contributed by atoms with Gasteiger partial charge in [0.2, 0.25) is 5.91 Å². The molecule has 1 N–H and O–H groups in total. The minimum atomic E-state index is -0.270. The van der Waals surface area contributed by atoms with Crippen molar-refractivity contribution in [3.05, 3.63) is 83.9 Å². The predicted octanol–water partition coefficient (Wildman–Crippen LogP) is 3.64. The minimum Gasteiger partial charge on any atom is -0.326 e. The molecule has 0 bridgehead atoms. The highest BCUT2D eigenvalue weighted by atomic mass is 19.1. The van der Waals surface area contributed by atoms with Crippen molar-refractivity contribution < 1.29 is 9.18 Å². The van der Waals surface area contributed by atoms with E-state index in [4.69, 9.17) is 0 Å². The maximum Gasteiger partial charge on any atom is 0.224 e. The highest BCUT2D eigenvalue weighted by molar-refractivity contribution is 5.90. The van der Waals surface area contributed by atoms with Gasteiger partial charge in [-0.2, -0.15) is 5.10 Å². The van der Waals surface area contributed by atoms with Crippen LogP contribution in [0, 0.1) is 5.82 Å². The molecular weight excluding hydrogens is 305 g/mol. The Balaban J connectivity index is 1.52. The molecule has 3 rings (SSSR count). The fourth-order valence-corrected chi connectivity index (χ4v) is 2.45. The molecule has 0 aliphatic rings. The second kappa shape index (κ2) is 7.55. The fourth-order valence-electron chi connectivity index (χ4n) is 2.45. The van der Waals surface area contributed by atoms with Crippen LogP contribution in [0.1, 0.15) is 17.5 Å². The van der Waals surface area contributed by atoms with Crippen LogP contribution in [0.4, 0.5) is 10.1 Å². The Morgan fingerprint density at radius 1 is 1.08 bits per heavy atom. The normalized spacial score (nSPS) is 10.5. The molecule has 5 heteroatoms. The summed E-state index contributed by atoms with van der Waals surface area (Å²) in [4.78, 5) is 12.0. The number of benzene rings is 2. The number of hydrogen-bond donors (Lipinski definition) is 1. The average Bonchev–Trinajstić information content (AvgIpc) is 3.09. The Labute approximate surface area is 139 Å². The number of aryl methyl sites for hydroxylation is 1. The van der Waals surface area contributed by atoms with Crippen molar-refractivity contribution >= 4 is 11.6 Å². The summed E-state index contributed by atoms with van der Waals surface area (Å²) >= 11 is 0. The number of carbonyl (C=O) groups excluding carboxylic acids is 1. The Morgan fingerprint density at radius 3 is 2.58 bits per heavy atom. The van der Waals surface area contributed by atoms with E-state index in [-0.39, 0.29) is 18.1 Å². The number of nitrogens with zero attached hydrogens (tertiary/aromatic N) is 2. The number of carbonyl (C=O) groups is 1. The van der Waals surface area contributed by atoms with Crippen LogP contribution in [-0.4, -0.2) is 15.7 Å². The van der Waals surface area contributed by atoms with Crippen molar-refractivity contribution in [3.8, 4) is 0 Å². The molecule has 1 aromatic heterocycles.